The molecular weight excluding hydrogens is 274 g/mol. The SMILES string of the molecule is CC(Cc1c(F)cccc1F)NC(=O)C1(C)CCNCC1. The topological polar surface area (TPSA) is 41.1 Å². The summed E-state index contributed by atoms with van der Waals surface area (Å²) in [6, 6.07) is 3.51. The molecule has 1 unspecified atom stereocenters. The van der Waals surface area contributed by atoms with Gasteiger partial charge in [-0.3, -0.25) is 4.79 Å². The quantitative estimate of drug-likeness (QED) is 0.896. The predicted molar refractivity (Wildman–Crippen MR) is 77.9 cm³/mol. The van der Waals surface area contributed by atoms with Gasteiger partial charge in [-0.25, -0.2) is 8.78 Å². The normalized spacial score (nSPS) is 19.0. The Morgan fingerprint density at radius 3 is 2.48 bits per heavy atom. The number of benzene rings is 1. The van der Waals surface area contributed by atoms with Crippen LogP contribution in [0.25, 0.3) is 0 Å². The van der Waals surface area contributed by atoms with E-state index in [9.17, 15) is 13.6 Å². The Hall–Kier alpha value is -1.49. The van der Waals surface area contributed by atoms with Crippen molar-refractivity contribution in [1.82, 2.24) is 10.6 Å². The van der Waals surface area contributed by atoms with Crippen LogP contribution in [0, 0.1) is 17.0 Å². The van der Waals surface area contributed by atoms with Gasteiger partial charge in [-0.1, -0.05) is 13.0 Å². The molecule has 116 valence electrons. The average molecular weight is 296 g/mol. The van der Waals surface area contributed by atoms with Crippen molar-refractivity contribution in [2.75, 3.05) is 13.1 Å². The van der Waals surface area contributed by atoms with Crippen molar-refractivity contribution in [2.45, 2.75) is 39.2 Å². The van der Waals surface area contributed by atoms with Crippen LogP contribution in [0.5, 0.6) is 0 Å². The Morgan fingerprint density at radius 1 is 1.33 bits per heavy atom. The maximum Gasteiger partial charge on any atom is 0.226 e. The van der Waals surface area contributed by atoms with Crippen molar-refractivity contribution in [3.8, 4) is 0 Å². The number of carbonyl (C=O) groups is 1. The van der Waals surface area contributed by atoms with Crippen molar-refractivity contribution in [2.24, 2.45) is 5.41 Å². The maximum absolute atomic E-state index is 13.6. The lowest BCUT2D eigenvalue weighted by Crippen LogP contribution is -2.48. The van der Waals surface area contributed by atoms with Gasteiger partial charge in [0.15, 0.2) is 0 Å². The number of halogens is 2. The van der Waals surface area contributed by atoms with E-state index in [1.807, 2.05) is 6.92 Å². The largest absolute Gasteiger partial charge is 0.353 e. The molecule has 1 fully saturated rings. The lowest BCUT2D eigenvalue weighted by Gasteiger charge is -2.33. The van der Waals surface area contributed by atoms with Crippen LogP contribution in [-0.4, -0.2) is 25.0 Å². The maximum atomic E-state index is 13.6. The Bertz CT molecular complexity index is 493. The molecule has 3 nitrogen and oxygen atoms in total. The third-order valence-electron chi connectivity index (χ3n) is 4.20. The summed E-state index contributed by atoms with van der Waals surface area (Å²) in [7, 11) is 0. The minimum absolute atomic E-state index is 0.0285. The number of hydrogen-bond donors (Lipinski definition) is 2. The molecule has 1 amide bonds. The Kier molecular flexibility index (Phi) is 4.93. The number of amides is 1. The second-order valence-corrected chi connectivity index (χ2v) is 6.09. The van der Waals surface area contributed by atoms with Gasteiger partial charge >= 0.3 is 0 Å². The minimum atomic E-state index is -0.566. The number of piperidine rings is 1. The summed E-state index contributed by atoms with van der Waals surface area (Å²) in [5.74, 6) is -1.17. The molecule has 5 heteroatoms. The van der Waals surface area contributed by atoms with Gasteiger partial charge in [-0.15, -0.1) is 0 Å². The molecule has 1 aromatic carbocycles. The highest BCUT2D eigenvalue weighted by atomic mass is 19.1. The van der Waals surface area contributed by atoms with E-state index in [0.29, 0.717) is 0 Å². The summed E-state index contributed by atoms with van der Waals surface area (Å²) in [5.41, 5.74) is -0.367. The lowest BCUT2D eigenvalue weighted by molar-refractivity contribution is -0.132. The first-order valence-electron chi connectivity index (χ1n) is 7.37. The average Bonchev–Trinajstić information content (AvgIpc) is 2.44. The van der Waals surface area contributed by atoms with Crippen LogP contribution in [0.2, 0.25) is 0 Å². The van der Waals surface area contributed by atoms with Gasteiger partial charge < -0.3 is 10.6 Å². The summed E-state index contributed by atoms with van der Waals surface area (Å²) in [5, 5.41) is 6.12. The van der Waals surface area contributed by atoms with Gasteiger partial charge in [0.05, 0.1) is 0 Å². The van der Waals surface area contributed by atoms with E-state index in [1.165, 1.54) is 18.2 Å². The van der Waals surface area contributed by atoms with Gasteiger partial charge in [-0.2, -0.15) is 0 Å². The number of carbonyl (C=O) groups excluding carboxylic acids is 1. The second kappa shape index (κ2) is 6.52. The first-order valence-corrected chi connectivity index (χ1v) is 7.37. The highest BCUT2D eigenvalue weighted by Gasteiger charge is 2.35. The molecular formula is C16H22F2N2O. The summed E-state index contributed by atoms with van der Waals surface area (Å²) < 4.78 is 27.2. The molecule has 1 saturated heterocycles. The van der Waals surface area contributed by atoms with Gasteiger partial charge in [-0.05, 0) is 51.4 Å². The van der Waals surface area contributed by atoms with Crippen molar-refractivity contribution in [3.05, 3.63) is 35.4 Å². The Labute approximate surface area is 124 Å². The first kappa shape index (κ1) is 15.9. The van der Waals surface area contributed by atoms with Crippen LogP contribution < -0.4 is 10.6 Å². The van der Waals surface area contributed by atoms with Crippen LogP contribution in [-0.2, 0) is 11.2 Å². The molecule has 1 heterocycles. The van der Waals surface area contributed by atoms with E-state index in [2.05, 4.69) is 10.6 Å². The van der Waals surface area contributed by atoms with Crippen molar-refractivity contribution in [1.29, 1.82) is 0 Å². The van der Waals surface area contributed by atoms with Crippen molar-refractivity contribution < 1.29 is 13.6 Å². The monoisotopic (exact) mass is 296 g/mol. The van der Waals surface area contributed by atoms with Gasteiger partial charge in [0.1, 0.15) is 11.6 Å². The Morgan fingerprint density at radius 2 is 1.90 bits per heavy atom. The lowest BCUT2D eigenvalue weighted by atomic mass is 9.80. The second-order valence-electron chi connectivity index (χ2n) is 6.09. The summed E-state index contributed by atoms with van der Waals surface area (Å²) in [4.78, 5) is 12.4. The van der Waals surface area contributed by atoms with Gasteiger partial charge in [0, 0.05) is 17.0 Å². The summed E-state index contributed by atoms with van der Waals surface area (Å²) >= 11 is 0. The van der Waals surface area contributed by atoms with Crippen LogP contribution in [0.15, 0.2) is 18.2 Å². The number of hydrogen-bond acceptors (Lipinski definition) is 2. The van der Waals surface area contributed by atoms with E-state index >= 15 is 0 Å². The molecule has 1 aliphatic rings. The molecule has 0 saturated carbocycles. The van der Waals surface area contributed by atoms with Crippen molar-refractivity contribution >= 4 is 5.91 Å². The minimum Gasteiger partial charge on any atom is -0.353 e. The predicted octanol–water partition coefficient (Wildman–Crippen LogP) is 2.40. The highest BCUT2D eigenvalue weighted by Crippen LogP contribution is 2.28. The number of nitrogens with one attached hydrogen (secondary N) is 2. The van der Waals surface area contributed by atoms with E-state index in [1.54, 1.807) is 6.92 Å². The molecule has 0 aliphatic carbocycles. The zero-order valence-electron chi connectivity index (χ0n) is 12.5. The van der Waals surface area contributed by atoms with E-state index in [-0.39, 0.29) is 23.9 Å². The van der Waals surface area contributed by atoms with Crippen LogP contribution in [0.1, 0.15) is 32.3 Å². The smallest absolute Gasteiger partial charge is 0.226 e. The third kappa shape index (κ3) is 3.79. The first-order chi connectivity index (χ1) is 9.92. The zero-order chi connectivity index (χ0) is 15.5. The van der Waals surface area contributed by atoms with Gasteiger partial charge in [0.2, 0.25) is 5.91 Å². The molecule has 2 N–H and O–H groups in total. The third-order valence-corrected chi connectivity index (χ3v) is 4.20. The molecule has 21 heavy (non-hydrogen) atoms. The fourth-order valence-corrected chi connectivity index (χ4v) is 2.69. The van der Waals surface area contributed by atoms with Crippen LogP contribution >= 0.6 is 0 Å². The highest BCUT2D eigenvalue weighted by molar-refractivity contribution is 5.82. The molecule has 0 aromatic heterocycles. The zero-order valence-corrected chi connectivity index (χ0v) is 12.5. The summed E-state index contributed by atoms with van der Waals surface area (Å²) in [6.45, 7) is 5.36. The van der Waals surface area contributed by atoms with Gasteiger partial charge in [0.25, 0.3) is 0 Å². The molecule has 1 atom stereocenters. The van der Waals surface area contributed by atoms with E-state index < -0.39 is 17.0 Å². The molecule has 0 spiro atoms. The number of rotatable bonds is 4. The molecule has 2 rings (SSSR count). The van der Waals surface area contributed by atoms with E-state index in [4.69, 9.17) is 0 Å². The molecule has 1 aromatic rings. The van der Waals surface area contributed by atoms with Crippen molar-refractivity contribution in [3.63, 3.8) is 0 Å². The van der Waals surface area contributed by atoms with E-state index in [0.717, 1.165) is 25.9 Å². The molecule has 0 bridgehead atoms. The fourth-order valence-electron chi connectivity index (χ4n) is 2.69. The molecule has 0 radical (unpaired) electrons. The standard InChI is InChI=1S/C16H22F2N2O/c1-11(10-12-13(17)4-3-5-14(12)18)20-15(21)16(2)6-8-19-9-7-16/h3-5,11,19H,6-10H2,1-2H3,(H,20,21). The Balaban J connectivity index is 1.98. The fraction of sp³-hybridized carbons (Fsp3) is 0.562. The van der Waals surface area contributed by atoms with Crippen LogP contribution in [0.4, 0.5) is 8.78 Å². The molecule has 1 aliphatic heterocycles. The summed E-state index contributed by atoms with van der Waals surface area (Å²) in [6.07, 6.45) is 1.71. The van der Waals surface area contributed by atoms with Crippen LogP contribution in [0.3, 0.4) is 0 Å².